The highest BCUT2D eigenvalue weighted by molar-refractivity contribution is 5.90. The van der Waals surface area contributed by atoms with E-state index in [9.17, 15) is 4.79 Å². The van der Waals surface area contributed by atoms with Gasteiger partial charge in [0, 0.05) is 12.5 Å². The van der Waals surface area contributed by atoms with Crippen molar-refractivity contribution in [2.24, 2.45) is 5.92 Å². The molecule has 0 spiro atoms. The molecule has 0 radical (unpaired) electrons. The molecule has 1 aliphatic carbocycles. The van der Waals surface area contributed by atoms with Crippen molar-refractivity contribution in [1.82, 2.24) is 20.5 Å². The fourth-order valence-electron chi connectivity index (χ4n) is 1.73. The molecule has 1 aromatic heterocycles. The number of aromatic nitrogens is 3. The Kier molecular flexibility index (Phi) is 3.22. The molecule has 1 aliphatic rings. The number of amides is 1. The van der Waals surface area contributed by atoms with Gasteiger partial charge < -0.3 is 5.32 Å². The number of carbonyl (C=O) groups is 1. The van der Waals surface area contributed by atoms with Crippen molar-refractivity contribution in [3.63, 3.8) is 0 Å². The SMILES string of the molecule is CCCc1nc(C(=O)NC(C)C2CC2)n[nH]1. The summed E-state index contributed by atoms with van der Waals surface area (Å²) in [5, 5.41) is 9.63. The quantitative estimate of drug-likeness (QED) is 0.788. The molecule has 1 saturated carbocycles. The fourth-order valence-corrected chi connectivity index (χ4v) is 1.73. The molecule has 88 valence electrons. The van der Waals surface area contributed by atoms with E-state index in [1.165, 1.54) is 12.8 Å². The molecule has 16 heavy (non-hydrogen) atoms. The lowest BCUT2D eigenvalue weighted by Crippen LogP contribution is -2.34. The first kappa shape index (κ1) is 11.1. The molecule has 5 heteroatoms. The van der Waals surface area contributed by atoms with Crippen molar-refractivity contribution in [2.75, 3.05) is 0 Å². The van der Waals surface area contributed by atoms with Crippen LogP contribution in [0.3, 0.4) is 0 Å². The lowest BCUT2D eigenvalue weighted by atomic mass is 10.2. The number of nitrogens with zero attached hydrogens (tertiary/aromatic N) is 2. The third kappa shape index (κ3) is 2.59. The van der Waals surface area contributed by atoms with Crippen molar-refractivity contribution >= 4 is 5.91 Å². The summed E-state index contributed by atoms with van der Waals surface area (Å²) in [4.78, 5) is 15.9. The highest BCUT2D eigenvalue weighted by Gasteiger charge is 2.29. The second kappa shape index (κ2) is 4.63. The van der Waals surface area contributed by atoms with Crippen molar-refractivity contribution in [2.45, 2.75) is 45.6 Å². The highest BCUT2D eigenvalue weighted by Crippen LogP contribution is 2.32. The molecule has 0 bridgehead atoms. The second-order valence-electron chi connectivity index (χ2n) is 4.46. The maximum Gasteiger partial charge on any atom is 0.291 e. The Balaban J connectivity index is 1.91. The fraction of sp³-hybridized carbons (Fsp3) is 0.727. The average molecular weight is 222 g/mol. The van der Waals surface area contributed by atoms with Gasteiger partial charge in [0.1, 0.15) is 5.82 Å². The van der Waals surface area contributed by atoms with Gasteiger partial charge in [-0.25, -0.2) is 4.98 Å². The third-order valence-electron chi connectivity index (χ3n) is 2.91. The van der Waals surface area contributed by atoms with Crippen molar-refractivity contribution in [3.05, 3.63) is 11.6 Å². The first-order chi connectivity index (χ1) is 7.70. The molecule has 0 aromatic carbocycles. The van der Waals surface area contributed by atoms with Crippen LogP contribution in [0.2, 0.25) is 0 Å². The lowest BCUT2D eigenvalue weighted by Gasteiger charge is -2.10. The predicted molar refractivity (Wildman–Crippen MR) is 60.0 cm³/mol. The van der Waals surface area contributed by atoms with Crippen LogP contribution in [0.5, 0.6) is 0 Å². The van der Waals surface area contributed by atoms with Crippen molar-refractivity contribution < 1.29 is 4.79 Å². The number of rotatable bonds is 5. The predicted octanol–water partition coefficient (Wildman–Crippen LogP) is 1.29. The summed E-state index contributed by atoms with van der Waals surface area (Å²) < 4.78 is 0. The number of nitrogens with one attached hydrogen (secondary N) is 2. The Bertz CT molecular complexity index is 370. The molecule has 0 aliphatic heterocycles. The monoisotopic (exact) mass is 222 g/mol. The molecule has 2 N–H and O–H groups in total. The van der Waals surface area contributed by atoms with Crippen LogP contribution in [0, 0.1) is 5.92 Å². The summed E-state index contributed by atoms with van der Waals surface area (Å²) in [6, 6.07) is 0.237. The molecule has 1 unspecified atom stereocenters. The van der Waals surface area contributed by atoms with Gasteiger partial charge in [-0.15, -0.1) is 5.10 Å². The van der Waals surface area contributed by atoms with Crippen LogP contribution < -0.4 is 5.32 Å². The summed E-state index contributed by atoms with van der Waals surface area (Å²) in [5.74, 6) is 1.53. The lowest BCUT2D eigenvalue weighted by molar-refractivity contribution is 0.0925. The summed E-state index contributed by atoms with van der Waals surface area (Å²) in [5.41, 5.74) is 0. The van der Waals surface area contributed by atoms with Gasteiger partial charge in [0.2, 0.25) is 5.82 Å². The Morgan fingerprint density at radius 2 is 2.38 bits per heavy atom. The van der Waals surface area contributed by atoms with Crippen LogP contribution in [-0.2, 0) is 6.42 Å². The third-order valence-corrected chi connectivity index (χ3v) is 2.91. The van der Waals surface area contributed by atoms with E-state index in [2.05, 4.69) is 27.4 Å². The average Bonchev–Trinajstić information content (AvgIpc) is 3.00. The number of hydrogen-bond donors (Lipinski definition) is 2. The minimum absolute atomic E-state index is 0.169. The first-order valence-corrected chi connectivity index (χ1v) is 5.93. The van der Waals surface area contributed by atoms with Gasteiger partial charge in [-0.05, 0) is 32.1 Å². The summed E-state index contributed by atoms with van der Waals surface area (Å²) in [6.45, 7) is 4.10. The van der Waals surface area contributed by atoms with E-state index in [1.807, 2.05) is 6.92 Å². The smallest absolute Gasteiger partial charge is 0.291 e. The Labute approximate surface area is 95.0 Å². The molecular formula is C11H18N4O. The van der Waals surface area contributed by atoms with Crippen LogP contribution in [-0.4, -0.2) is 27.1 Å². The van der Waals surface area contributed by atoms with Crippen LogP contribution in [0.25, 0.3) is 0 Å². The van der Waals surface area contributed by atoms with E-state index in [1.54, 1.807) is 0 Å². The van der Waals surface area contributed by atoms with E-state index in [0.717, 1.165) is 18.7 Å². The molecule has 1 fully saturated rings. The zero-order valence-electron chi connectivity index (χ0n) is 9.79. The van der Waals surface area contributed by atoms with Crippen LogP contribution in [0.1, 0.15) is 49.6 Å². The van der Waals surface area contributed by atoms with E-state index < -0.39 is 0 Å². The van der Waals surface area contributed by atoms with Crippen LogP contribution in [0.15, 0.2) is 0 Å². The summed E-state index contributed by atoms with van der Waals surface area (Å²) in [6.07, 6.45) is 4.26. The second-order valence-corrected chi connectivity index (χ2v) is 4.46. The minimum atomic E-state index is -0.169. The Morgan fingerprint density at radius 1 is 1.62 bits per heavy atom. The van der Waals surface area contributed by atoms with Gasteiger partial charge in [-0.2, -0.15) is 0 Å². The molecule has 1 heterocycles. The summed E-state index contributed by atoms with van der Waals surface area (Å²) >= 11 is 0. The number of aromatic amines is 1. The highest BCUT2D eigenvalue weighted by atomic mass is 16.2. The summed E-state index contributed by atoms with van der Waals surface area (Å²) in [7, 11) is 0. The zero-order valence-corrected chi connectivity index (χ0v) is 9.79. The van der Waals surface area contributed by atoms with E-state index in [-0.39, 0.29) is 17.8 Å². The minimum Gasteiger partial charge on any atom is -0.347 e. The maximum atomic E-state index is 11.7. The zero-order chi connectivity index (χ0) is 11.5. The van der Waals surface area contributed by atoms with Gasteiger partial charge in [0.25, 0.3) is 5.91 Å². The Morgan fingerprint density at radius 3 is 3.00 bits per heavy atom. The van der Waals surface area contributed by atoms with Crippen LogP contribution in [0.4, 0.5) is 0 Å². The largest absolute Gasteiger partial charge is 0.347 e. The topological polar surface area (TPSA) is 70.7 Å². The molecule has 1 atom stereocenters. The molecule has 0 saturated heterocycles. The molecule has 1 amide bonds. The number of H-pyrrole nitrogens is 1. The molecule has 2 rings (SSSR count). The van der Waals surface area contributed by atoms with Gasteiger partial charge in [0.05, 0.1) is 0 Å². The van der Waals surface area contributed by atoms with Gasteiger partial charge in [0.15, 0.2) is 0 Å². The van der Waals surface area contributed by atoms with E-state index >= 15 is 0 Å². The van der Waals surface area contributed by atoms with Crippen LogP contribution >= 0.6 is 0 Å². The van der Waals surface area contributed by atoms with E-state index in [4.69, 9.17) is 0 Å². The van der Waals surface area contributed by atoms with Gasteiger partial charge in [-0.1, -0.05) is 6.92 Å². The van der Waals surface area contributed by atoms with Crippen molar-refractivity contribution in [3.8, 4) is 0 Å². The number of aryl methyl sites for hydroxylation is 1. The maximum absolute atomic E-state index is 11.7. The van der Waals surface area contributed by atoms with Gasteiger partial charge >= 0.3 is 0 Å². The molecule has 1 aromatic rings. The molecule has 5 nitrogen and oxygen atoms in total. The Hall–Kier alpha value is -1.39. The number of carbonyl (C=O) groups excluding carboxylic acids is 1. The standard InChI is InChI=1S/C11H18N4O/c1-3-4-9-13-10(15-14-9)11(16)12-7(2)8-5-6-8/h7-8H,3-6H2,1-2H3,(H,12,16)(H,13,14,15). The number of hydrogen-bond acceptors (Lipinski definition) is 3. The first-order valence-electron chi connectivity index (χ1n) is 5.93. The van der Waals surface area contributed by atoms with Crippen molar-refractivity contribution in [1.29, 1.82) is 0 Å². The normalized spacial score (nSPS) is 17.1. The van der Waals surface area contributed by atoms with E-state index in [0.29, 0.717) is 5.92 Å². The van der Waals surface area contributed by atoms with Gasteiger partial charge in [-0.3, -0.25) is 9.89 Å². The molecular weight excluding hydrogens is 204 g/mol.